The summed E-state index contributed by atoms with van der Waals surface area (Å²) in [6.45, 7) is 5.31. The van der Waals surface area contributed by atoms with Crippen LogP contribution in [0, 0.1) is 5.92 Å². The van der Waals surface area contributed by atoms with Crippen LogP contribution in [0.3, 0.4) is 0 Å². The highest BCUT2D eigenvalue weighted by atomic mass is 16.4. The molecule has 1 aromatic carbocycles. The zero-order valence-corrected chi connectivity index (χ0v) is 23.0. The first-order valence-electron chi connectivity index (χ1n) is 13.9. The number of nitrogens with zero attached hydrogens (tertiary/aromatic N) is 4. The van der Waals surface area contributed by atoms with Gasteiger partial charge < -0.3 is 20.2 Å². The minimum Gasteiger partial charge on any atom is -0.481 e. The third kappa shape index (κ3) is 7.46. The molecule has 2 atom stereocenters. The zero-order chi connectivity index (χ0) is 27.7. The number of piperazine rings is 1. The second kappa shape index (κ2) is 14.1. The lowest BCUT2D eigenvalue weighted by atomic mass is 9.88. The molecule has 210 valence electrons. The molecule has 10 heteroatoms. The predicted molar refractivity (Wildman–Crippen MR) is 144 cm³/mol. The predicted octanol–water partition coefficient (Wildman–Crippen LogP) is 3.29. The van der Waals surface area contributed by atoms with Crippen LogP contribution >= 0.6 is 0 Å². The maximum Gasteiger partial charge on any atom is 0.334 e. The summed E-state index contributed by atoms with van der Waals surface area (Å²) in [6.07, 6.45) is 5.96. The van der Waals surface area contributed by atoms with Crippen molar-refractivity contribution in [1.82, 2.24) is 25.1 Å². The minimum absolute atomic E-state index is 0.0285. The fourth-order valence-corrected chi connectivity index (χ4v) is 5.54. The second-order valence-corrected chi connectivity index (χ2v) is 10.5. The van der Waals surface area contributed by atoms with Crippen molar-refractivity contribution in [3.8, 4) is 0 Å². The number of benzene rings is 1. The van der Waals surface area contributed by atoms with Gasteiger partial charge in [0.15, 0.2) is 0 Å². The van der Waals surface area contributed by atoms with Gasteiger partial charge in [0.05, 0.1) is 13.1 Å². The molecule has 4 rings (SSSR count). The van der Waals surface area contributed by atoms with Crippen LogP contribution in [0.4, 0.5) is 4.79 Å². The number of carboxylic acids is 1. The van der Waals surface area contributed by atoms with E-state index in [4.69, 9.17) is 0 Å². The first-order valence-corrected chi connectivity index (χ1v) is 13.9. The summed E-state index contributed by atoms with van der Waals surface area (Å²) in [5.41, 5.74) is 0.950. The molecule has 1 saturated carbocycles. The van der Waals surface area contributed by atoms with Gasteiger partial charge in [0.2, 0.25) is 11.8 Å². The lowest BCUT2D eigenvalue weighted by Gasteiger charge is -2.54. The molecule has 0 bridgehead atoms. The summed E-state index contributed by atoms with van der Waals surface area (Å²) >= 11 is 0. The molecule has 0 aromatic heterocycles. The van der Waals surface area contributed by atoms with Crippen molar-refractivity contribution in [1.29, 1.82) is 0 Å². The molecule has 1 unspecified atom stereocenters. The van der Waals surface area contributed by atoms with Gasteiger partial charge >= 0.3 is 12.0 Å². The van der Waals surface area contributed by atoms with Crippen molar-refractivity contribution in [3.63, 3.8) is 0 Å². The standard InChI is InChI=1S/C25H35N5O5.C3H8/c1-27-17-22(31)29-20(12-13-23(32)33)24(34)28(15-19-10-6-3-7-11-19)16-21(29)30(27)25(35)26-14-18-8-4-2-5-9-18;1-3-2/h2,4-5,8-9,19-21H,3,6-7,10-17H2,1H3,(H,26,35)(H,32,33);3H2,1-2H3/t20?,21-;/m0./s1. The van der Waals surface area contributed by atoms with E-state index in [9.17, 15) is 24.3 Å². The number of hydrogen-bond acceptors (Lipinski definition) is 5. The lowest BCUT2D eigenvalue weighted by molar-refractivity contribution is -0.188. The third-order valence-corrected chi connectivity index (χ3v) is 7.27. The Labute approximate surface area is 225 Å². The number of hydrogen-bond donors (Lipinski definition) is 2. The van der Waals surface area contributed by atoms with Gasteiger partial charge in [-0.3, -0.25) is 14.4 Å². The quantitative estimate of drug-likeness (QED) is 0.561. The number of nitrogens with one attached hydrogen (secondary N) is 1. The number of carboxylic acid groups (broad SMARTS) is 1. The first-order chi connectivity index (χ1) is 18.3. The highest BCUT2D eigenvalue weighted by Gasteiger charge is 2.50. The van der Waals surface area contributed by atoms with Crippen LogP contribution in [0.15, 0.2) is 30.3 Å². The lowest BCUT2D eigenvalue weighted by Crippen LogP contribution is -2.76. The summed E-state index contributed by atoms with van der Waals surface area (Å²) in [5.74, 6) is -1.11. The Bertz CT molecular complexity index is 952. The van der Waals surface area contributed by atoms with E-state index < -0.39 is 18.2 Å². The summed E-state index contributed by atoms with van der Waals surface area (Å²) in [7, 11) is 1.69. The summed E-state index contributed by atoms with van der Waals surface area (Å²) in [6, 6.07) is 8.30. The number of carbonyl (C=O) groups excluding carboxylic acids is 3. The second-order valence-electron chi connectivity index (χ2n) is 10.5. The van der Waals surface area contributed by atoms with Crippen molar-refractivity contribution in [2.75, 3.05) is 26.7 Å². The summed E-state index contributed by atoms with van der Waals surface area (Å²) in [5, 5.41) is 15.3. The molecule has 0 radical (unpaired) electrons. The van der Waals surface area contributed by atoms with E-state index in [1.807, 2.05) is 30.3 Å². The summed E-state index contributed by atoms with van der Waals surface area (Å²) in [4.78, 5) is 54.4. The zero-order valence-electron chi connectivity index (χ0n) is 23.0. The molecule has 2 aliphatic heterocycles. The van der Waals surface area contributed by atoms with Gasteiger partial charge in [0.25, 0.3) is 0 Å². The maximum absolute atomic E-state index is 13.5. The smallest absolute Gasteiger partial charge is 0.334 e. The molecule has 2 N–H and O–H groups in total. The van der Waals surface area contributed by atoms with Crippen molar-refractivity contribution >= 4 is 23.8 Å². The number of fused-ring (bicyclic) bond motifs is 1. The monoisotopic (exact) mass is 529 g/mol. The van der Waals surface area contributed by atoms with Crippen LogP contribution in [0.5, 0.6) is 0 Å². The average molecular weight is 530 g/mol. The van der Waals surface area contributed by atoms with Gasteiger partial charge in [-0.15, -0.1) is 0 Å². The molecule has 1 aromatic rings. The first kappa shape index (κ1) is 29.4. The van der Waals surface area contributed by atoms with Gasteiger partial charge in [-0.1, -0.05) is 69.9 Å². The van der Waals surface area contributed by atoms with E-state index in [2.05, 4.69) is 19.2 Å². The normalized spacial score (nSPS) is 22.4. The van der Waals surface area contributed by atoms with E-state index in [0.29, 0.717) is 19.0 Å². The van der Waals surface area contributed by atoms with Crippen LogP contribution in [0.25, 0.3) is 0 Å². The Hall–Kier alpha value is -3.14. The van der Waals surface area contributed by atoms with Crippen molar-refractivity contribution in [2.45, 2.75) is 84.0 Å². The van der Waals surface area contributed by atoms with Gasteiger partial charge in [-0.25, -0.2) is 14.8 Å². The van der Waals surface area contributed by atoms with Gasteiger partial charge in [-0.2, -0.15) is 0 Å². The Morgan fingerprint density at radius 3 is 2.34 bits per heavy atom. The number of hydrazine groups is 1. The van der Waals surface area contributed by atoms with Crippen molar-refractivity contribution in [3.05, 3.63) is 35.9 Å². The summed E-state index contributed by atoms with van der Waals surface area (Å²) < 4.78 is 0. The molecular weight excluding hydrogens is 486 g/mol. The van der Waals surface area contributed by atoms with E-state index in [0.717, 1.165) is 31.2 Å². The minimum atomic E-state index is -1.02. The molecular formula is C28H43N5O5. The number of rotatable bonds is 7. The van der Waals surface area contributed by atoms with Crippen LogP contribution in [-0.2, 0) is 20.9 Å². The van der Waals surface area contributed by atoms with Gasteiger partial charge in [0, 0.05) is 26.6 Å². The number of likely N-dealkylation sites (N-methyl/N-ethyl adjacent to an activating group) is 1. The Balaban J connectivity index is 0.00000127. The number of carbonyl (C=O) groups is 4. The Morgan fingerprint density at radius 2 is 1.71 bits per heavy atom. The third-order valence-electron chi connectivity index (χ3n) is 7.27. The fraction of sp³-hybridized carbons (Fsp3) is 0.643. The maximum atomic E-state index is 13.5. The van der Waals surface area contributed by atoms with Crippen molar-refractivity contribution < 1.29 is 24.3 Å². The van der Waals surface area contributed by atoms with Gasteiger partial charge in [0.1, 0.15) is 12.2 Å². The molecule has 0 spiro atoms. The number of urea groups is 1. The van der Waals surface area contributed by atoms with Crippen LogP contribution in [-0.4, -0.2) is 87.6 Å². The van der Waals surface area contributed by atoms with Gasteiger partial charge in [-0.05, 0) is 30.7 Å². The Morgan fingerprint density at radius 1 is 1.05 bits per heavy atom. The van der Waals surface area contributed by atoms with Crippen molar-refractivity contribution in [2.24, 2.45) is 5.92 Å². The van der Waals surface area contributed by atoms with Crippen LogP contribution in [0.2, 0.25) is 0 Å². The molecule has 38 heavy (non-hydrogen) atoms. The average Bonchev–Trinajstić information content (AvgIpc) is 2.89. The largest absolute Gasteiger partial charge is 0.481 e. The highest BCUT2D eigenvalue weighted by Crippen LogP contribution is 2.31. The van der Waals surface area contributed by atoms with E-state index in [-0.39, 0.29) is 43.8 Å². The molecule has 10 nitrogen and oxygen atoms in total. The number of aliphatic carboxylic acids is 1. The molecule has 3 fully saturated rings. The van der Waals surface area contributed by atoms with Crippen LogP contribution in [0.1, 0.15) is 70.8 Å². The van der Waals surface area contributed by atoms with Crippen LogP contribution < -0.4 is 5.32 Å². The highest BCUT2D eigenvalue weighted by molar-refractivity contribution is 5.91. The van der Waals surface area contributed by atoms with E-state index in [1.54, 1.807) is 17.0 Å². The molecule has 4 amide bonds. The molecule has 1 aliphatic carbocycles. The molecule has 2 heterocycles. The fourth-order valence-electron chi connectivity index (χ4n) is 5.54. The SMILES string of the molecule is CCC.CN1CC(=O)N2C(CCC(=O)O)C(=O)N(CC3CCCCC3)C[C@@H]2N1C(=O)NCc1ccccc1. The van der Waals surface area contributed by atoms with E-state index >= 15 is 0 Å². The van der Waals surface area contributed by atoms with E-state index in [1.165, 1.54) is 22.8 Å². The molecule has 2 saturated heterocycles. The number of amides is 4. The molecule has 3 aliphatic rings. The Kier molecular flexibility index (Phi) is 10.9. The topological polar surface area (TPSA) is 114 Å².